The van der Waals surface area contributed by atoms with Crippen LogP contribution in [0.1, 0.15) is 28.5 Å². The number of aromatic nitrogens is 1. The van der Waals surface area contributed by atoms with Crippen LogP contribution in [0.4, 0.5) is 4.39 Å². The van der Waals surface area contributed by atoms with Gasteiger partial charge in [0.05, 0.1) is 18.0 Å². The Balaban J connectivity index is 2.21. The fourth-order valence-electron chi connectivity index (χ4n) is 2.05. The van der Waals surface area contributed by atoms with Crippen molar-refractivity contribution in [3.05, 3.63) is 64.7 Å². The van der Waals surface area contributed by atoms with Gasteiger partial charge in [0.15, 0.2) is 0 Å². The lowest BCUT2D eigenvalue weighted by atomic mass is 9.96. The minimum Gasteiger partial charge on any atom is -0.386 e. The van der Waals surface area contributed by atoms with Crippen LogP contribution in [-0.2, 0) is 6.42 Å². The van der Waals surface area contributed by atoms with Crippen LogP contribution in [0.2, 0.25) is 0 Å². The van der Waals surface area contributed by atoms with Crippen LogP contribution in [0, 0.1) is 19.7 Å². The zero-order chi connectivity index (χ0) is 13.1. The fraction of sp³-hybridized carbons (Fsp3) is 0.267. The van der Waals surface area contributed by atoms with Crippen molar-refractivity contribution >= 4 is 0 Å². The summed E-state index contributed by atoms with van der Waals surface area (Å²) in [5, 5.41) is 10.1. The normalized spacial score (nSPS) is 12.4. The van der Waals surface area contributed by atoms with Gasteiger partial charge in [0.2, 0.25) is 0 Å². The summed E-state index contributed by atoms with van der Waals surface area (Å²) in [5.74, 6) is -0.391. The van der Waals surface area contributed by atoms with Crippen molar-refractivity contribution in [3.8, 4) is 0 Å². The monoisotopic (exact) mass is 245 g/mol. The van der Waals surface area contributed by atoms with Gasteiger partial charge in [-0.2, -0.15) is 0 Å². The first-order valence-electron chi connectivity index (χ1n) is 5.92. The highest BCUT2D eigenvalue weighted by molar-refractivity contribution is 5.34. The second-order valence-electron chi connectivity index (χ2n) is 4.49. The van der Waals surface area contributed by atoms with Gasteiger partial charge in [-0.3, -0.25) is 4.98 Å². The third-order valence-electron chi connectivity index (χ3n) is 3.13. The molecule has 1 aromatic heterocycles. The summed E-state index contributed by atoms with van der Waals surface area (Å²) in [6.07, 6.45) is 0.922. The highest BCUT2D eigenvalue weighted by atomic mass is 19.1. The van der Waals surface area contributed by atoms with Gasteiger partial charge in [-0.1, -0.05) is 18.2 Å². The van der Waals surface area contributed by atoms with Gasteiger partial charge in [0.1, 0.15) is 5.82 Å². The highest BCUT2D eigenvalue weighted by Gasteiger charge is 2.13. The molecule has 2 rings (SSSR count). The lowest BCUT2D eigenvalue weighted by Crippen LogP contribution is -2.06. The zero-order valence-electron chi connectivity index (χ0n) is 10.5. The van der Waals surface area contributed by atoms with Crippen molar-refractivity contribution < 1.29 is 9.50 Å². The Kier molecular flexibility index (Phi) is 3.72. The smallest absolute Gasteiger partial charge is 0.141 e. The summed E-state index contributed by atoms with van der Waals surface area (Å²) < 4.78 is 12.8. The maximum Gasteiger partial charge on any atom is 0.141 e. The van der Waals surface area contributed by atoms with E-state index in [1.54, 1.807) is 0 Å². The van der Waals surface area contributed by atoms with Crippen LogP contribution in [0.15, 0.2) is 36.5 Å². The van der Waals surface area contributed by atoms with Crippen LogP contribution < -0.4 is 0 Å². The molecule has 0 aliphatic rings. The van der Waals surface area contributed by atoms with E-state index in [4.69, 9.17) is 0 Å². The van der Waals surface area contributed by atoms with E-state index in [-0.39, 0.29) is 0 Å². The first-order chi connectivity index (χ1) is 8.58. The predicted octanol–water partition coefficient (Wildman–Crippen LogP) is 3.11. The third kappa shape index (κ3) is 2.74. The summed E-state index contributed by atoms with van der Waals surface area (Å²) >= 11 is 0. The maximum atomic E-state index is 12.8. The van der Waals surface area contributed by atoms with Crippen LogP contribution in [0.5, 0.6) is 0 Å². The second kappa shape index (κ2) is 5.27. The zero-order valence-corrected chi connectivity index (χ0v) is 10.5. The summed E-state index contributed by atoms with van der Waals surface area (Å²) in [5.41, 5.74) is 3.92. The molecule has 0 saturated carbocycles. The molecule has 0 saturated heterocycles. The van der Waals surface area contributed by atoms with Gasteiger partial charge in [-0.25, -0.2) is 4.39 Å². The number of pyridine rings is 1. The largest absolute Gasteiger partial charge is 0.386 e. The first kappa shape index (κ1) is 12.7. The molecule has 0 aliphatic carbocycles. The standard InChI is InChI=1S/C15H16FNO/c1-10-4-3-5-11(2)13(10)8-15(18)14-7-6-12(16)9-17-14/h3-7,9,15,18H,8H2,1-2H3. The van der Waals surface area contributed by atoms with E-state index in [0.717, 1.165) is 22.9 Å². The molecule has 0 fully saturated rings. The van der Waals surface area contributed by atoms with Crippen LogP contribution in [0.25, 0.3) is 0 Å². The average molecular weight is 245 g/mol. The molecular formula is C15H16FNO. The van der Waals surface area contributed by atoms with E-state index in [9.17, 15) is 9.50 Å². The third-order valence-corrected chi connectivity index (χ3v) is 3.13. The number of halogens is 1. The van der Waals surface area contributed by atoms with E-state index >= 15 is 0 Å². The highest BCUT2D eigenvalue weighted by Crippen LogP contribution is 2.21. The lowest BCUT2D eigenvalue weighted by molar-refractivity contribution is 0.173. The predicted molar refractivity (Wildman–Crippen MR) is 68.8 cm³/mol. The Morgan fingerprint density at radius 2 is 1.83 bits per heavy atom. The van der Waals surface area contributed by atoms with Crippen LogP contribution in [0.3, 0.4) is 0 Å². The van der Waals surface area contributed by atoms with Crippen molar-refractivity contribution in [3.63, 3.8) is 0 Å². The summed E-state index contributed by atoms with van der Waals surface area (Å²) in [7, 11) is 0. The van der Waals surface area contributed by atoms with Gasteiger partial charge in [0, 0.05) is 6.42 Å². The summed E-state index contributed by atoms with van der Waals surface area (Å²) in [4.78, 5) is 3.91. The number of aliphatic hydroxyl groups is 1. The molecule has 0 bridgehead atoms. The van der Waals surface area contributed by atoms with E-state index < -0.39 is 11.9 Å². The van der Waals surface area contributed by atoms with E-state index in [1.165, 1.54) is 12.1 Å². The van der Waals surface area contributed by atoms with Crippen molar-refractivity contribution in [2.75, 3.05) is 0 Å². The number of aryl methyl sites for hydroxylation is 2. The Bertz CT molecular complexity index is 516. The lowest BCUT2D eigenvalue weighted by Gasteiger charge is -2.14. The molecule has 2 nitrogen and oxygen atoms in total. The summed E-state index contributed by atoms with van der Waals surface area (Å²) in [6, 6.07) is 8.88. The number of benzene rings is 1. The number of nitrogens with zero attached hydrogens (tertiary/aromatic N) is 1. The quantitative estimate of drug-likeness (QED) is 0.901. The molecule has 1 heterocycles. The molecule has 94 valence electrons. The fourth-order valence-corrected chi connectivity index (χ4v) is 2.05. The SMILES string of the molecule is Cc1cccc(C)c1CC(O)c1ccc(F)cn1. The van der Waals surface area contributed by atoms with Gasteiger partial charge in [-0.15, -0.1) is 0 Å². The van der Waals surface area contributed by atoms with E-state index in [2.05, 4.69) is 4.98 Å². The Labute approximate surface area is 106 Å². The van der Waals surface area contributed by atoms with Gasteiger partial charge >= 0.3 is 0 Å². The van der Waals surface area contributed by atoms with Gasteiger partial charge < -0.3 is 5.11 Å². The van der Waals surface area contributed by atoms with Crippen molar-refractivity contribution in [2.24, 2.45) is 0 Å². The number of hydrogen-bond donors (Lipinski definition) is 1. The molecule has 1 atom stereocenters. The van der Waals surface area contributed by atoms with Crippen LogP contribution >= 0.6 is 0 Å². The molecule has 3 heteroatoms. The molecular weight excluding hydrogens is 229 g/mol. The molecule has 0 radical (unpaired) electrons. The van der Waals surface area contributed by atoms with E-state index in [0.29, 0.717) is 12.1 Å². The molecule has 1 N–H and O–H groups in total. The molecule has 18 heavy (non-hydrogen) atoms. The van der Waals surface area contributed by atoms with Gasteiger partial charge in [-0.05, 0) is 42.7 Å². The number of hydrogen-bond acceptors (Lipinski definition) is 2. The molecule has 0 spiro atoms. The maximum absolute atomic E-state index is 12.8. The van der Waals surface area contributed by atoms with Crippen LogP contribution in [-0.4, -0.2) is 10.1 Å². The molecule has 1 aromatic carbocycles. The minimum absolute atomic E-state index is 0.391. The summed E-state index contributed by atoms with van der Waals surface area (Å²) in [6.45, 7) is 4.04. The van der Waals surface area contributed by atoms with Crippen molar-refractivity contribution in [2.45, 2.75) is 26.4 Å². The first-order valence-corrected chi connectivity index (χ1v) is 5.92. The second-order valence-corrected chi connectivity index (χ2v) is 4.49. The van der Waals surface area contributed by atoms with Crippen molar-refractivity contribution in [1.82, 2.24) is 4.98 Å². The topological polar surface area (TPSA) is 33.1 Å². The Hall–Kier alpha value is -1.74. The van der Waals surface area contributed by atoms with Crippen molar-refractivity contribution in [1.29, 1.82) is 0 Å². The Morgan fingerprint density at radius 1 is 1.17 bits per heavy atom. The molecule has 2 aromatic rings. The number of rotatable bonds is 3. The number of aliphatic hydroxyl groups excluding tert-OH is 1. The molecule has 0 aliphatic heterocycles. The minimum atomic E-state index is -0.703. The van der Waals surface area contributed by atoms with E-state index in [1.807, 2.05) is 32.0 Å². The van der Waals surface area contributed by atoms with Gasteiger partial charge in [0.25, 0.3) is 0 Å². The average Bonchev–Trinajstić information content (AvgIpc) is 2.34. The Morgan fingerprint density at radius 3 is 2.39 bits per heavy atom. The molecule has 0 amide bonds. The molecule has 1 unspecified atom stereocenters.